The van der Waals surface area contributed by atoms with Crippen LogP contribution in [0.4, 0.5) is 0 Å². The SMILES string of the molecule is Cc1nc([C@H]2CN([C@H](C)C(=O)NCCc3ccccc3)CCO2)n[nH]1. The number of nitrogens with one attached hydrogen (secondary N) is 2. The van der Waals surface area contributed by atoms with Gasteiger partial charge in [-0.1, -0.05) is 30.3 Å². The minimum Gasteiger partial charge on any atom is -0.367 e. The third kappa shape index (κ3) is 4.64. The lowest BCUT2D eigenvalue weighted by atomic mass is 10.1. The number of hydrogen-bond donors (Lipinski definition) is 2. The number of ether oxygens (including phenoxy) is 1. The Balaban J connectivity index is 1.49. The van der Waals surface area contributed by atoms with Crippen molar-refractivity contribution < 1.29 is 9.53 Å². The molecule has 1 aromatic heterocycles. The maximum absolute atomic E-state index is 12.4. The summed E-state index contributed by atoms with van der Waals surface area (Å²) in [4.78, 5) is 18.9. The molecule has 0 saturated carbocycles. The largest absolute Gasteiger partial charge is 0.367 e. The average molecular weight is 343 g/mol. The zero-order valence-electron chi connectivity index (χ0n) is 14.7. The first kappa shape index (κ1) is 17.6. The Hall–Kier alpha value is -2.25. The van der Waals surface area contributed by atoms with Crippen LogP contribution in [0.25, 0.3) is 0 Å². The van der Waals surface area contributed by atoms with E-state index in [0.717, 1.165) is 18.8 Å². The number of aromatic nitrogens is 3. The molecule has 7 nitrogen and oxygen atoms in total. The van der Waals surface area contributed by atoms with E-state index in [2.05, 4.69) is 37.5 Å². The lowest BCUT2D eigenvalue weighted by Gasteiger charge is -2.35. The van der Waals surface area contributed by atoms with Gasteiger partial charge in [-0.3, -0.25) is 14.8 Å². The molecule has 0 unspecified atom stereocenters. The Morgan fingerprint density at radius 2 is 2.24 bits per heavy atom. The van der Waals surface area contributed by atoms with Crippen LogP contribution in [-0.2, 0) is 16.0 Å². The van der Waals surface area contributed by atoms with Crippen LogP contribution in [0.1, 0.15) is 30.2 Å². The predicted molar refractivity (Wildman–Crippen MR) is 94.0 cm³/mol. The van der Waals surface area contributed by atoms with Gasteiger partial charge in [-0.25, -0.2) is 4.98 Å². The predicted octanol–water partition coefficient (Wildman–Crippen LogP) is 1.23. The molecule has 1 saturated heterocycles. The van der Waals surface area contributed by atoms with Gasteiger partial charge in [-0.05, 0) is 25.8 Å². The van der Waals surface area contributed by atoms with Gasteiger partial charge in [0.2, 0.25) is 5.91 Å². The van der Waals surface area contributed by atoms with E-state index in [4.69, 9.17) is 4.74 Å². The van der Waals surface area contributed by atoms with Crippen molar-refractivity contribution in [2.45, 2.75) is 32.4 Å². The molecule has 2 atom stereocenters. The molecule has 2 heterocycles. The second kappa shape index (κ2) is 8.22. The van der Waals surface area contributed by atoms with Gasteiger partial charge in [0, 0.05) is 19.6 Å². The molecule has 2 N–H and O–H groups in total. The van der Waals surface area contributed by atoms with Crippen molar-refractivity contribution >= 4 is 5.91 Å². The number of nitrogens with zero attached hydrogens (tertiary/aromatic N) is 3. The van der Waals surface area contributed by atoms with Gasteiger partial charge in [0.05, 0.1) is 12.6 Å². The third-order valence-electron chi connectivity index (χ3n) is 4.48. The van der Waals surface area contributed by atoms with E-state index < -0.39 is 0 Å². The molecular formula is C18H25N5O2. The molecule has 1 aliphatic heterocycles. The van der Waals surface area contributed by atoms with Crippen LogP contribution in [0, 0.1) is 6.92 Å². The van der Waals surface area contributed by atoms with E-state index in [-0.39, 0.29) is 18.1 Å². The Morgan fingerprint density at radius 3 is 2.96 bits per heavy atom. The minimum atomic E-state index is -0.206. The molecule has 1 amide bonds. The number of hydrogen-bond acceptors (Lipinski definition) is 5. The maximum Gasteiger partial charge on any atom is 0.237 e. The first-order valence-corrected chi connectivity index (χ1v) is 8.69. The number of aryl methyl sites for hydroxylation is 1. The highest BCUT2D eigenvalue weighted by molar-refractivity contribution is 5.81. The van der Waals surface area contributed by atoms with Gasteiger partial charge >= 0.3 is 0 Å². The molecule has 1 aromatic carbocycles. The summed E-state index contributed by atoms with van der Waals surface area (Å²) in [6.45, 7) is 6.35. The highest BCUT2D eigenvalue weighted by atomic mass is 16.5. The Bertz CT molecular complexity index is 688. The lowest BCUT2D eigenvalue weighted by molar-refractivity contribution is -0.129. The molecule has 134 valence electrons. The standard InChI is InChI=1S/C18H25N5O2/c1-13(18(24)19-9-8-15-6-4-3-5-7-15)23-10-11-25-16(12-23)17-20-14(2)21-22-17/h3-7,13,16H,8-12H2,1-2H3,(H,19,24)(H,20,21,22)/t13-,16-/m1/s1. The van der Waals surface area contributed by atoms with Crippen molar-refractivity contribution in [3.05, 3.63) is 47.5 Å². The molecule has 0 radical (unpaired) electrons. The number of rotatable bonds is 6. The molecule has 0 aliphatic carbocycles. The summed E-state index contributed by atoms with van der Waals surface area (Å²) < 4.78 is 5.76. The molecule has 25 heavy (non-hydrogen) atoms. The fourth-order valence-electron chi connectivity index (χ4n) is 2.97. The number of carbonyl (C=O) groups is 1. The van der Waals surface area contributed by atoms with Gasteiger partial charge in [-0.2, -0.15) is 5.10 Å². The molecule has 2 aromatic rings. The lowest BCUT2D eigenvalue weighted by Crippen LogP contribution is -2.50. The van der Waals surface area contributed by atoms with Gasteiger partial charge in [-0.15, -0.1) is 0 Å². The average Bonchev–Trinajstić information content (AvgIpc) is 3.08. The van der Waals surface area contributed by atoms with Crippen LogP contribution in [0.3, 0.4) is 0 Å². The molecule has 1 fully saturated rings. The van der Waals surface area contributed by atoms with Gasteiger partial charge in [0.15, 0.2) is 5.82 Å². The number of morpholine rings is 1. The second-order valence-corrected chi connectivity index (χ2v) is 6.34. The van der Waals surface area contributed by atoms with Crippen LogP contribution in [0.15, 0.2) is 30.3 Å². The first-order valence-electron chi connectivity index (χ1n) is 8.69. The summed E-state index contributed by atoms with van der Waals surface area (Å²) in [6, 6.07) is 9.95. The molecule has 1 aliphatic rings. The Labute approximate surface area is 147 Å². The molecule has 7 heteroatoms. The van der Waals surface area contributed by atoms with E-state index in [1.54, 1.807) is 0 Å². The van der Waals surface area contributed by atoms with Gasteiger partial charge < -0.3 is 10.1 Å². The fourth-order valence-corrected chi connectivity index (χ4v) is 2.97. The molecule has 0 bridgehead atoms. The zero-order chi connectivity index (χ0) is 17.6. The van der Waals surface area contributed by atoms with E-state index in [0.29, 0.717) is 25.5 Å². The van der Waals surface area contributed by atoms with E-state index >= 15 is 0 Å². The quantitative estimate of drug-likeness (QED) is 0.824. The van der Waals surface area contributed by atoms with E-state index in [9.17, 15) is 4.79 Å². The summed E-state index contributed by atoms with van der Waals surface area (Å²) in [5.74, 6) is 1.46. The van der Waals surface area contributed by atoms with Crippen molar-refractivity contribution in [3.63, 3.8) is 0 Å². The summed E-state index contributed by atoms with van der Waals surface area (Å²) in [6.07, 6.45) is 0.639. The van der Waals surface area contributed by atoms with Gasteiger partial charge in [0.25, 0.3) is 0 Å². The van der Waals surface area contributed by atoms with Crippen LogP contribution < -0.4 is 5.32 Å². The Morgan fingerprint density at radius 1 is 1.44 bits per heavy atom. The fraction of sp³-hybridized carbons (Fsp3) is 0.500. The molecule has 0 spiro atoms. The highest BCUT2D eigenvalue weighted by Crippen LogP contribution is 2.20. The summed E-state index contributed by atoms with van der Waals surface area (Å²) >= 11 is 0. The van der Waals surface area contributed by atoms with Gasteiger partial charge in [0.1, 0.15) is 11.9 Å². The van der Waals surface area contributed by atoms with Crippen LogP contribution >= 0.6 is 0 Å². The van der Waals surface area contributed by atoms with E-state index in [1.807, 2.05) is 32.0 Å². The summed E-state index contributed by atoms with van der Waals surface area (Å²) in [5.41, 5.74) is 1.22. The normalized spacial score (nSPS) is 19.5. The highest BCUT2D eigenvalue weighted by Gasteiger charge is 2.30. The maximum atomic E-state index is 12.4. The number of H-pyrrole nitrogens is 1. The van der Waals surface area contributed by atoms with Crippen molar-refractivity contribution in [1.29, 1.82) is 0 Å². The monoisotopic (exact) mass is 343 g/mol. The number of amides is 1. The van der Waals surface area contributed by atoms with Crippen LogP contribution in [0.2, 0.25) is 0 Å². The summed E-state index contributed by atoms with van der Waals surface area (Å²) in [5, 5.41) is 10.0. The third-order valence-corrected chi connectivity index (χ3v) is 4.48. The topological polar surface area (TPSA) is 83.1 Å². The van der Waals surface area contributed by atoms with Crippen molar-refractivity contribution in [2.24, 2.45) is 0 Å². The molecule has 3 rings (SSSR count). The van der Waals surface area contributed by atoms with Crippen molar-refractivity contribution in [1.82, 2.24) is 25.4 Å². The number of carbonyl (C=O) groups excluding carboxylic acids is 1. The van der Waals surface area contributed by atoms with Crippen molar-refractivity contribution in [2.75, 3.05) is 26.2 Å². The first-order chi connectivity index (χ1) is 12.1. The van der Waals surface area contributed by atoms with E-state index in [1.165, 1.54) is 5.56 Å². The zero-order valence-corrected chi connectivity index (χ0v) is 14.7. The summed E-state index contributed by atoms with van der Waals surface area (Å²) in [7, 11) is 0. The molecular weight excluding hydrogens is 318 g/mol. The van der Waals surface area contributed by atoms with Crippen LogP contribution in [0.5, 0.6) is 0 Å². The van der Waals surface area contributed by atoms with Crippen molar-refractivity contribution in [3.8, 4) is 0 Å². The van der Waals surface area contributed by atoms with Crippen LogP contribution in [-0.4, -0.2) is 58.3 Å². The Kier molecular flexibility index (Phi) is 5.78. The minimum absolute atomic E-state index is 0.0442. The number of aromatic amines is 1. The smallest absolute Gasteiger partial charge is 0.237 e. The number of benzene rings is 1. The second-order valence-electron chi connectivity index (χ2n) is 6.34.